The highest BCUT2D eigenvalue weighted by molar-refractivity contribution is 5.93. The Morgan fingerprint density at radius 3 is 2.47 bits per heavy atom. The molecule has 0 saturated heterocycles. The van der Waals surface area contributed by atoms with Crippen LogP contribution in [0.3, 0.4) is 0 Å². The molecule has 0 spiro atoms. The third-order valence-electron chi connectivity index (χ3n) is 2.18. The zero-order chi connectivity index (χ0) is 11.9. The van der Waals surface area contributed by atoms with E-state index in [-0.39, 0.29) is 11.3 Å². The molecular weight excluding hydrogens is 188 g/mol. The van der Waals surface area contributed by atoms with Gasteiger partial charge in [0.1, 0.15) is 0 Å². The van der Waals surface area contributed by atoms with Crippen LogP contribution in [-0.4, -0.2) is 30.4 Å². The molecule has 0 aromatic heterocycles. The number of hydrogen-bond donors (Lipinski definition) is 1. The Morgan fingerprint density at radius 1 is 1.47 bits per heavy atom. The predicted molar refractivity (Wildman–Crippen MR) is 63.2 cm³/mol. The molecule has 0 aliphatic carbocycles. The molecule has 0 radical (unpaired) electrons. The van der Waals surface area contributed by atoms with E-state index in [9.17, 15) is 4.79 Å². The number of carbonyl (C=O) groups is 1. The summed E-state index contributed by atoms with van der Waals surface area (Å²) in [6, 6.07) is 0. The van der Waals surface area contributed by atoms with Gasteiger partial charge in [-0.2, -0.15) is 0 Å². The average Bonchev–Trinajstić information content (AvgIpc) is 2.17. The van der Waals surface area contributed by atoms with Crippen LogP contribution >= 0.6 is 0 Å². The summed E-state index contributed by atoms with van der Waals surface area (Å²) in [7, 11) is 0. The highest BCUT2D eigenvalue weighted by Gasteiger charge is 2.22. The fourth-order valence-corrected chi connectivity index (χ4v) is 1.29. The van der Waals surface area contributed by atoms with Crippen molar-refractivity contribution in [3.8, 4) is 11.8 Å². The molecule has 2 N–H and O–H groups in total. The van der Waals surface area contributed by atoms with Crippen LogP contribution in [0.5, 0.6) is 0 Å². The summed E-state index contributed by atoms with van der Waals surface area (Å²) in [6.45, 7) is 9.83. The van der Waals surface area contributed by atoms with Gasteiger partial charge < -0.3 is 10.6 Å². The maximum absolute atomic E-state index is 11.6. The quantitative estimate of drug-likeness (QED) is 0.694. The molecule has 0 atom stereocenters. The van der Waals surface area contributed by atoms with Crippen molar-refractivity contribution >= 4 is 5.91 Å². The number of rotatable bonds is 5. The Labute approximate surface area is 93.0 Å². The van der Waals surface area contributed by atoms with Crippen molar-refractivity contribution in [2.45, 2.75) is 34.1 Å². The van der Waals surface area contributed by atoms with Crippen LogP contribution < -0.4 is 5.73 Å². The van der Waals surface area contributed by atoms with Crippen molar-refractivity contribution in [2.24, 2.45) is 11.1 Å². The van der Waals surface area contributed by atoms with Crippen molar-refractivity contribution in [3.63, 3.8) is 0 Å². The van der Waals surface area contributed by atoms with Gasteiger partial charge in [0.2, 0.25) is 0 Å². The van der Waals surface area contributed by atoms with Gasteiger partial charge in [0.15, 0.2) is 0 Å². The lowest BCUT2D eigenvalue weighted by molar-refractivity contribution is -0.126. The summed E-state index contributed by atoms with van der Waals surface area (Å²) >= 11 is 0. The van der Waals surface area contributed by atoms with Crippen LogP contribution in [0, 0.1) is 17.3 Å². The molecule has 15 heavy (non-hydrogen) atoms. The molecule has 3 nitrogen and oxygen atoms in total. The highest BCUT2D eigenvalue weighted by atomic mass is 16.2. The first kappa shape index (κ1) is 14.0. The lowest BCUT2D eigenvalue weighted by Crippen LogP contribution is -2.42. The molecule has 0 rings (SSSR count). The van der Waals surface area contributed by atoms with E-state index in [1.165, 1.54) is 0 Å². The lowest BCUT2D eigenvalue weighted by Gasteiger charge is -2.30. The summed E-state index contributed by atoms with van der Waals surface area (Å²) in [5.41, 5.74) is 5.61. The molecular formula is C12H22N2O. The second-order valence-electron chi connectivity index (χ2n) is 4.47. The molecule has 0 aliphatic heterocycles. The van der Waals surface area contributed by atoms with Crippen LogP contribution in [0.25, 0.3) is 0 Å². The van der Waals surface area contributed by atoms with E-state index in [0.29, 0.717) is 13.1 Å². The molecule has 86 valence electrons. The third-order valence-corrected chi connectivity index (χ3v) is 2.18. The molecule has 0 aromatic carbocycles. The van der Waals surface area contributed by atoms with Crippen LogP contribution in [0.1, 0.15) is 34.1 Å². The molecule has 0 fully saturated rings. The molecule has 1 amide bonds. The van der Waals surface area contributed by atoms with Gasteiger partial charge in [-0.25, -0.2) is 0 Å². The number of carbonyl (C=O) groups excluding carboxylic acids is 1. The van der Waals surface area contributed by atoms with Gasteiger partial charge >= 0.3 is 0 Å². The summed E-state index contributed by atoms with van der Waals surface area (Å²) < 4.78 is 0. The highest BCUT2D eigenvalue weighted by Crippen LogP contribution is 2.15. The fourth-order valence-electron chi connectivity index (χ4n) is 1.29. The Bertz CT molecular complexity index is 261. The van der Waals surface area contributed by atoms with Crippen molar-refractivity contribution in [3.05, 3.63) is 0 Å². The summed E-state index contributed by atoms with van der Waals surface area (Å²) in [5, 5.41) is 0. The van der Waals surface area contributed by atoms with E-state index in [1.54, 1.807) is 11.8 Å². The number of hydrogen-bond acceptors (Lipinski definition) is 2. The average molecular weight is 210 g/mol. The minimum Gasteiger partial charge on any atom is -0.331 e. The zero-order valence-corrected chi connectivity index (χ0v) is 10.3. The Kier molecular flexibility index (Phi) is 6.03. The minimum absolute atomic E-state index is 0.0414. The Hall–Kier alpha value is -1.01. The van der Waals surface area contributed by atoms with E-state index in [0.717, 1.165) is 13.0 Å². The van der Waals surface area contributed by atoms with Gasteiger partial charge in [0.05, 0.1) is 0 Å². The number of nitrogens with zero attached hydrogens (tertiary/aromatic N) is 1. The molecule has 0 unspecified atom stereocenters. The minimum atomic E-state index is -0.0964. The smallest absolute Gasteiger partial charge is 0.298 e. The van der Waals surface area contributed by atoms with Crippen molar-refractivity contribution < 1.29 is 4.79 Å². The third kappa shape index (κ3) is 5.44. The lowest BCUT2D eigenvalue weighted by atomic mass is 9.93. The SMILES string of the molecule is CC#CC(=O)N(CCC)CC(C)(C)CN. The van der Waals surface area contributed by atoms with Crippen LogP contribution in [0.15, 0.2) is 0 Å². The molecule has 0 aliphatic rings. The van der Waals surface area contributed by atoms with E-state index in [4.69, 9.17) is 5.73 Å². The van der Waals surface area contributed by atoms with E-state index < -0.39 is 0 Å². The Balaban J connectivity index is 4.51. The second kappa shape index (κ2) is 6.47. The molecule has 0 heterocycles. The predicted octanol–water partition coefficient (Wildman–Crippen LogP) is 1.23. The first-order chi connectivity index (χ1) is 6.96. The Morgan fingerprint density at radius 2 is 2.07 bits per heavy atom. The fraction of sp³-hybridized carbons (Fsp3) is 0.750. The topological polar surface area (TPSA) is 46.3 Å². The van der Waals surface area contributed by atoms with Gasteiger partial charge in [-0.15, -0.1) is 0 Å². The molecule has 3 heteroatoms. The number of nitrogens with two attached hydrogens (primary N) is 1. The van der Waals surface area contributed by atoms with Crippen LogP contribution in [0.2, 0.25) is 0 Å². The van der Waals surface area contributed by atoms with Crippen molar-refractivity contribution in [1.82, 2.24) is 4.90 Å². The first-order valence-electron chi connectivity index (χ1n) is 5.38. The van der Waals surface area contributed by atoms with E-state index in [1.807, 2.05) is 0 Å². The van der Waals surface area contributed by atoms with Crippen molar-refractivity contribution in [1.29, 1.82) is 0 Å². The van der Waals surface area contributed by atoms with Crippen LogP contribution in [-0.2, 0) is 4.79 Å². The standard InChI is InChI=1S/C12H22N2O/c1-5-7-11(15)14(8-6-2)10-12(3,4)9-13/h6,8-10,13H2,1-4H3. The molecule has 0 bridgehead atoms. The monoisotopic (exact) mass is 210 g/mol. The zero-order valence-electron chi connectivity index (χ0n) is 10.3. The van der Waals surface area contributed by atoms with Gasteiger partial charge in [-0.1, -0.05) is 26.7 Å². The van der Waals surface area contributed by atoms with E-state index >= 15 is 0 Å². The van der Waals surface area contributed by atoms with Gasteiger partial charge in [-0.05, 0) is 31.2 Å². The van der Waals surface area contributed by atoms with Gasteiger partial charge in [0.25, 0.3) is 5.91 Å². The maximum Gasteiger partial charge on any atom is 0.298 e. The van der Waals surface area contributed by atoms with E-state index in [2.05, 4.69) is 32.6 Å². The molecule has 0 saturated carbocycles. The van der Waals surface area contributed by atoms with Crippen molar-refractivity contribution in [2.75, 3.05) is 19.6 Å². The summed E-state index contributed by atoms with van der Waals surface area (Å²) in [4.78, 5) is 13.4. The summed E-state index contributed by atoms with van der Waals surface area (Å²) in [5.74, 6) is 5.11. The number of amides is 1. The van der Waals surface area contributed by atoms with Gasteiger partial charge in [0, 0.05) is 13.1 Å². The van der Waals surface area contributed by atoms with Crippen LogP contribution in [0.4, 0.5) is 0 Å². The van der Waals surface area contributed by atoms with Gasteiger partial charge in [-0.3, -0.25) is 4.79 Å². The largest absolute Gasteiger partial charge is 0.331 e. The maximum atomic E-state index is 11.6. The normalized spacial score (nSPS) is 10.5. The first-order valence-corrected chi connectivity index (χ1v) is 5.38. The summed E-state index contributed by atoms with van der Waals surface area (Å²) in [6.07, 6.45) is 0.942. The molecule has 0 aromatic rings. The second-order valence-corrected chi connectivity index (χ2v) is 4.47.